The van der Waals surface area contributed by atoms with Crippen LogP contribution in [0.2, 0.25) is 0 Å². The van der Waals surface area contributed by atoms with E-state index in [1.807, 2.05) is 0 Å². The van der Waals surface area contributed by atoms with Gasteiger partial charge in [0.25, 0.3) is 5.69 Å². The van der Waals surface area contributed by atoms with Crippen LogP contribution in [-0.4, -0.2) is 33.9 Å². The van der Waals surface area contributed by atoms with Crippen LogP contribution >= 0.6 is 0 Å². The maximum absolute atomic E-state index is 12.9. The first-order valence-corrected chi connectivity index (χ1v) is 8.25. The number of benzene rings is 2. The van der Waals surface area contributed by atoms with Crippen molar-refractivity contribution in [2.24, 2.45) is 0 Å². The molecule has 0 saturated heterocycles. The van der Waals surface area contributed by atoms with E-state index < -0.39 is 52.8 Å². The molecule has 0 spiro atoms. The number of aliphatic hydroxyl groups is 2. The van der Waals surface area contributed by atoms with Gasteiger partial charge in [-0.05, 0) is 17.2 Å². The van der Waals surface area contributed by atoms with Gasteiger partial charge in [-0.2, -0.15) is 13.2 Å². The summed E-state index contributed by atoms with van der Waals surface area (Å²) in [5.74, 6) is 0. The monoisotopic (exact) mass is 414 g/mol. The molecule has 0 saturated carbocycles. The third-order valence-corrected chi connectivity index (χ3v) is 3.85. The lowest BCUT2D eigenvalue weighted by atomic mass is 10.0. The Hall–Kier alpha value is -3.18. The Morgan fingerprint density at radius 1 is 1.17 bits per heavy atom. The van der Waals surface area contributed by atoms with Crippen molar-refractivity contribution in [3.63, 3.8) is 0 Å². The second kappa shape index (κ2) is 9.34. The predicted molar refractivity (Wildman–Crippen MR) is 93.7 cm³/mol. The maximum Gasteiger partial charge on any atom is 0.416 e. The van der Waals surface area contributed by atoms with Gasteiger partial charge in [0.05, 0.1) is 10.5 Å². The van der Waals surface area contributed by atoms with Gasteiger partial charge in [0.15, 0.2) is 0 Å². The number of amides is 1. The summed E-state index contributed by atoms with van der Waals surface area (Å²) in [6.07, 6.45) is -9.45. The van der Waals surface area contributed by atoms with Crippen LogP contribution in [0.5, 0.6) is 0 Å². The number of halogens is 3. The van der Waals surface area contributed by atoms with E-state index in [0.717, 1.165) is 6.07 Å². The van der Waals surface area contributed by atoms with Gasteiger partial charge < -0.3 is 20.3 Å². The molecule has 2 rings (SSSR count). The molecule has 0 fully saturated rings. The zero-order valence-electron chi connectivity index (χ0n) is 14.8. The summed E-state index contributed by atoms with van der Waals surface area (Å²) in [4.78, 5) is 21.4. The normalized spacial score (nSPS) is 13.4. The fourth-order valence-corrected chi connectivity index (χ4v) is 2.37. The summed E-state index contributed by atoms with van der Waals surface area (Å²) in [6, 6.07) is 10.2. The van der Waals surface area contributed by atoms with Gasteiger partial charge in [-0.3, -0.25) is 10.1 Å². The van der Waals surface area contributed by atoms with Gasteiger partial charge in [-0.1, -0.05) is 30.3 Å². The Morgan fingerprint density at radius 3 is 2.41 bits per heavy atom. The first-order valence-electron chi connectivity index (χ1n) is 8.25. The van der Waals surface area contributed by atoms with Crippen LogP contribution in [0.4, 0.5) is 23.7 Å². The number of carbonyl (C=O) groups is 1. The smallest absolute Gasteiger partial charge is 0.416 e. The highest BCUT2D eigenvalue weighted by Gasteiger charge is 2.34. The Bertz CT molecular complexity index is 860. The Morgan fingerprint density at radius 2 is 1.83 bits per heavy atom. The van der Waals surface area contributed by atoms with Gasteiger partial charge in [0.1, 0.15) is 18.8 Å². The topological polar surface area (TPSA) is 122 Å². The molecule has 8 nitrogen and oxygen atoms in total. The predicted octanol–water partition coefficient (Wildman–Crippen LogP) is 2.93. The number of non-ortho nitro benzene ring substituents is 1. The maximum atomic E-state index is 12.9. The highest BCUT2D eigenvalue weighted by molar-refractivity contribution is 5.67. The van der Waals surface area contributed by atoms with E-state index in [0.29, 0.717) is 17.7 Å². The van der Waals surface area contributed by atoms with Gasteiger partial charge in [-0.15, -0.1) is 0 Å². The van der Waals surface area contributed by atoms with Crippen molar-refractivity contribution >= 4 is 11.8 Å². The molecular formula is C18H17F3N2O6. The number of rotatable bonds is 7. The van der Waals surface area contributed by atoms with Gasteiger partial charge in [0.2, 0.25) is 0 Å². The van der Waals surface area contributed by atoms with Gasteiger partial charge in [-0.25, -0.2) is 4.79 Å². The average molecular weight is 414 g/mol. The summed E-state index contributed by atoms with van der Waals surface area (Å²) in [5.41, 5.74) is -2.04. The van der Waals surface area contributed by atoms with Gasteiger partial charge in [0, 0.05) is 18.7 Å². The standard InChI is InChI=1S/C18H17F3N2O6/c19-18(20,21)13-6-12(7-14(8-13)23(27)28)16(25)15(24)9-22-17(26)29-10-11-4-2-1-3-5-11/h1-8,15-16,24-25H,9-10H2,(H,22,26). The van der Waals surface area contributed by atoms with Crippen molar-refractivity contribution in [1.29, 1.82) is 0 Å². The largest absolute Gasteiger partial charge is 0.445 e. The van der Waals surface area contributed by atoms with Gasteiger partial charge >= 0.3 is 12.3 Å². The van der Waals surface area contributed by atoms with Crippen LogP contribution in [0.1, 0.15) is 22.8 Å². The first-order chi connectivity index (χ1) is 13.6. The molecule has 0 aliphatic heterocycles. The molecule has 2 aromatic carbocycles. The van der Waals surface area contributed by atoms with Crippen LogP contribution in [0, 0.1) is 10.1 Å². The second-order valence-corrected chi connectivity index (χ2v) is 6.02. The zero-order valence-corrected chi connectivity index (χ0v) is 14.8. The van der Waals surface area contributed by atoms with E-state index in [-0.39, 0.29) is 6.61 Å². The average Bonchev–Trinajstić information content (AvgIpc) is 2.69. The van der Waals surface area contributed by atoms with Crippen LogP contribution in [0.15, 0.2) is 48.5 Å². The van der Waals surface area contributed by atoms with Crippen molar-refractivity contribution < 1.29 is 37.8 Å². The van der Waals surface area contributed by atoms with Crippen LogP contribution in [0.3, 0.4) is 0 Å². The molecule has 2 atom stereocenters. The number of alkyl carbamates (subject to hydrolysis) is 1. The SMILES string of the molecule is O=C(NCC(O)C(O)c1cc([N+](=O)[O-])cc(C(F)(F)F)c1)OCc1ccccc1. The first kappa shape index (κ1) is 22.1. The second-order valence-electron chi connectivity index (χ2n) is 6.02. The summed E-state index contributed by atoms with van der Waals surface area (Å²) in [5, 5.41) is 33.0. The van der Waals surface area contributed by atoms with E-state index in [1.54, 1.807) is 30.3 Å². The number of nitro benzene ring substituents is 1. The number of ether oxygens (including phenoxy) is 1. The molecule has 0 aliphatic rings. The van der Waals surface area contributed by atoms with Crippen molar-refractivity contribution in [3.05, 3.63) is 75.3 Å². The lowest BCUT2D eigenvalue weighted by molar-refractivity contribution is -0.385. The van der Waals surface area contributed by atoms with E-state index in [1.165, 1.54) is 0 Å². The molecule has 0 aliphatic carbocycles. The Labute approximate surface area is 162 Å². The van der Waals surface area contributed by atoms with E-state index >= 15 is 0 Å². The number of carbonyl (C=O) groups excluding carboxylic acids is 1. The lowest BCUT2D eigenvalue weighted by Crippen LogP contribution is -2.35. The summed E-state index contributed by atoms with van der Waals surface area (Å²) in [6.45, 7) is -0.607. The molecular weight excluding hydrogens is 397 g/mol. The van der Waals surface area contributed by atoms with Crippen molar-refractivity contribution in [2.45, 2.75) is 25.0 Å². The quantitative estimate of drug-likeness (QED) is 0.473. The molecule has 3 N–H and O–H groups in total. The highest BCUT2D eigenvalue weighted by atomic mass is 19.4. The van der Waals surface area contributed by atoms with Crippen molar-refractivity contribution in [2.75, 3.05) is 6.54 Å². The molecule has 156 valence electrons. The minimum Gasteiger partial charge on any atom is -0.445 e. The molecule has 1 amide bonds. The fraction of sp³-hybridized carbons (Fsp3) is 0.278. The number of nitro groups is 1. The molecule has 0 radical (unpaired) electrons. The summed E-state index contributed by atoms with van der Waals surface area (Å²) >= 11 is 0. The van der Waals surface area contributed by atoms with Crippen LogP contribution in [-0.2, 0) is 17.5 Å². The third-order valence-electron chi connectivity index (χ3n) is 3.85. The third kappa shape index (κ3) is 6.43. The number of hydrogen-bond acceptors (Lipinski definition) is 6. The highest BCUT2D eigenvalue weighted by Crippen LogP contribution is 2.34. The van der Waals surface area contributed by atoms with E-state index in [4.69, 9.17) is 4.74 Å². The van der Waals surface area contributed by atoms with Crippen LogP contribution < -0.4 is 5.32 Å². The number of alkyl halides is 3. The molecule has 2 aromatic rings. The Balaban J connectivity index is 2.00. The lowest BCUT2D eigenvalue weighted by Gasteiger charge is -2.19. The molecule has 0 aromatic heterocycles. The summed E-state index contributed by atoms with van der Waals surface area (Å²) in [7, 11) is 0. The molecule has 0 heterocycles. The molecule has 0 bridgehead atoms. The van der Waals surface area contributed by atoms with Crippen LogP contribution in [0.25, 0.3) is 0 Å². The van der Waals surface area contributed by atoms with E-state index in [9.17, 15) is 38.3 Å². The fourth-order valence-electron chi connectivity index (χ4n) is 2.37. The van der Waals surface area contributed by atoms with Crippen molar-refractivity contribution in [1.82, 2.24) is 5.32 Å². The zero-order chi connectivity index (χ0) is 21.6. The van der Waals surface area contributed by atoms with E-state index in [2.05, 4.69) is 5.32 Å². The minimum atomic E-state index is -4.88. The molecule has 29 heavy (non-hydrogen) atoms. The van der Waals surface area contributed by atoms with Crippen molar-refractivity contribution in [3.8, 4) is 0 Å². The number of hydrogen-bond donors (Lipinski definition) is 3. The molecule has 2 unspecified atom stereocenters. The molecule has 11 heteroatoms. The Kier molecular flexibility index (Phi) is 7.13. The number of nitrogens with one attached hydrogen (secondary N) is 1. The minimum absolute atomic E-state index is 0.0505. The number of nitrogens with zero attached hydrogens (tertiary/aromatic N) is 1. The summed E-state index contributed by atoms with van der Waals surface area (Å²) < 4.78 is 43.6. The number of aliphatic hydroxyl groups excluding tert-OH is 2.